The second-order valence-corrected chi connectivity index (χ2v) is 22.4. The van der Waals surface area contributed by atoms with Crippen LogP contribution in [0.4, 0.5) is 5.69 Å². The molecule has 4 rings (SSSR count). The van der Waals surface area contributed by atoms with Crippen LogP contribution in [0.1, 0.15) is 107 Å². The van der Waals surface area contributed by atoms with Gasteiger partial charge in [0.2, 0.25) is 5.91 Å². The Kier molecular flexibility index (Phi) is 21.9. The van der Waals surface area contributed by atoms with Crippen LogP contribution < -0.4 is 4.90 Å². The topological polar surface area (TPSA) is 145 Å². The minimum atomic E-state index is -0.771. The summed E-state index contributed by atoms with van der Waals surface area (Å²) in [7, 11) is -0.771. The predicted molar refractivity (Wildman–Crippen MR) is 260 cm³/mol. The standard InChI is InChI=1S/C49H81N7O8Si/c1-10-12-32-62-46(60)36-52-21-20-51(35-38(3)57)24-26-55(27-25-53(23-22-52)37-47(61)63-33-13-11-2)43(39(4)58)17-19-45(59)56-30-28-54(29-31-56)41-16-14-40-15-18-44(50-42(40)34-41)49(8,9)64-65-48(5,6)7/h14-16,18,34,43H,10-13,17,19-33,35-37,65H2,1-9H3. The lowest BCUT2D eigenvalue weighted by molar-refractivity contribution is -0.147. The molecule has 0 saturated carbocycles. The third-order valence-corrected chi connectivity index (χ3v) is 14.0. The molecule has 16 heteroatoms. The minimum absolute atomic E-state index is 0.0228. The van der Waals surface area contributed by atoms with E-state index in [9.17, 15) is 24.0 Å². The lowest BCUT2D eigenvalue weighted by Gasteiger charge is -2.37. The van der Waals surface area contributed by atoms with Gasteiger partial charge in [-0.1, -0.05) is 59.6 Å². The fourth-order valence-electron chi connectivity index (χ4n) is 8.15. The van der Waals surface area contributed by atoms with Crippen LogP contribution in [0.5, 0.6) is 0 Å². The SMILES string of the molecule is CCCCOC(=O)CN1CCN(CC(C)=O)CCN(C(CCC(=O)N2CCN(c3ccc4ccc(C(C)(C)O[SiH2]C(C)(C)C)nc4c3)CC2)C(C)=O)CCN(CC(=O)OCCCC)CC1. The molecule has 1 aromatic heterocycles. The molecule has 0 spiro atoms. The number of amides is 1. The third kappa shape index (κ3) is 18.8. The van der Waals surface area contributed by atoms with E-state index in [-0.39, 0.29) is 60.5 Å². The number of unbranched alkanes of at least 4 members (excludes halogenated alkanes) is 2. The summed E-state index contributed by atoms with van der Waals surface area (Å²) in [5, 5.41) is 1.25. The van der Waals surface area contributed by atoms with Crippen molar-refractivity contribution in [1.82, 2.24) is 29.5 Å². The molecule has 2 saturated heterocycles. The summed E-state index contributed by atoms with van der Waals surface area (Å²) in [6, 6.07) is 10.0. The van der Waals surface area contributed by atoms with Gasteiger partial charge < -0.3 is 23.7 Å². The van der Waals surface area contributed by atoms with E-state index >= 15 is 0 Å². The average molecular weight is 924 g/mol. The monoisotopic (exact) mass is 924 g/mol. The molecule has 15 nitrogen and oxygen atoms in total. The number of Topliss-reactive ketones (excluding diaryl/α,β-unsaturated/α-hetero) is 2. The molecule has 2 fully saturated rings. The molecule has 0 aliphatic carbocycles. The lowest BCUT2D eigenvalue weighted by Crippen LogP contribution is -2.52. The van der Waals surface area contributed by atoms with Crippen molar-refractivity contribution in [3.8, 4) is 0 Å². The highest BCUT2D eigenvalue weighted by Gasteiger charge is 2.30. The predicted octanol–water partition coefficient (Wildman–Crippen LogP) is 4.67. The number of aromatic nitrogens is 1. The van der Waals surface area contributed by atoms with E-state index in [1.54, 1.807) is 13.8 Å². The van der Waals surface area contributed by atoms with Gasteiger partial charge in [-0.15, -0.1) is 0 Å². The highest BCUT2D eigenvalue weighted by molar-refractivity contribution is 6.31. The zero-order valence-electron chi connectivity index (χ0n) is 41.3. The molecule has 1 aromatic carbocycles. The number of nitrogens with zero attached hydrogens (tertiary/aromatic N) is 7. The number of carbonyl (C=O) groups is 5. The maximum Gasteiger partial charge on any atom is 0.320 e. The number of ether oxygens (including phenoxy) is 2. The first kappa shape index (κ1) is 53.8. The molecule has 364 valence electrons. The van der Waals surface area contributed by atoms with Crippen LogP contribution in [0.25, 0.3) is 10.9 Å². The summed E-state index contributed by atoms with van der Waals surface area (Å²) in [5.74, 6) is -0.562. The number of ketones is 2. The quantitative estimate of drug-likeness (QED) is 0.0972. The van der Waals surface area contributed by atoms with Gasteiger partial charge in [0.15, 0.2) is 9.76 Å². The first-order valence-corrected chi connectivity index (χ1v) is 25.5. The Morgan fingerprint density at radius 2 is 1.22 bits per heavy atom. The Balaban J connectivity index is 1.42. The Morgan fingerprint density at radius 3 is 1.72 bits per heavy atom. The van der Waals surface area contributed by atoms with E-state index in [1.165, 1.54) is 0 Å². The number of piperazine rings is 1. The second kappa shape index (κ2) is 26.5. The number of hydrogen-bond donors (Lipinski definition) is 0. The lowest BCUT2D eigenvalue weighted by atomic mass is 10.0. The molecule has 0 radical (unpaired) electrons. The van der Waals surface area contributed by atoms with Gasteiger partial charge in [0, 0.05) is 96.0 Å². The summed E-state index contributed by atoms with van der Waals surface area (Å²) < 4.78 is 17.5. The van der Waals surface area contributed by atoms with Gasteiger partial charge in [-0.25, -0.2) is 4.98 Å². The van der Waals surface area contributed by atoms with E-state index < -0.39 is 21.4 Å². The number of anilines is 1. The first-order chi connectivity index (χ1) is 30.9. The molecular formula is C49H81N7O8Si. The fraction of sp³-hybridized carbons (Fsp3) is 0.714. The molecule has 0 bridgehead atoms. The summed E-state index contributed by atoms with van der Waals surface area (Å²) in [5.41, 5.74) is 2.44. The number of esters is 2. The van der Waals surface area contributed by atoms with Crippen molar-refractivity contribution >= 4 is 55.8 Å². The van der Waals surface area contributed by atoms with Gasteiger partial charge in [-0.3, -0.25) is 43.6 Å². The fourth-order valence-corrected chi connectivity index (χ4v) is 9.10. The van der Waals surface area contributed by atoms with Crippen molar-refractivity contribution < 1.29 is 37.9 Å². The largest absolute Gasteiger partial charge is 0.465 e. The van der Waals surface area contributed by atoms with Crippen LogP contribution in [-0.2, 0) is 43.5 Å². The Labute approximate surface area is 391 Å². The van der Waals surface area contributed by atoms with E-state index in [4.69, 9.17) is 18.9 Å². The number of rotatable bonds is 21. The molecule has 2 aliphatic heterocycles. The first-order valence-electron chi connectivity index (χ1n) is 24.2. The molecule has 1 amide bonds. The molecular weight excluding hydrogens is 843 g/mol. The van der Waals surface area contributed by atoms with Crippen LogP contribution in [0, 0.1) is 0 Å². The highest BCUT2D eigenvalue weighted by atomic mass is 28.2. The summed E-state index contributed by atoms with van der Waals surface area (Å²) in [4.78, 5) is 83.1. The molecule has 2 aromatic rings. The van der Waals surface area contributed by atoms with Crippen molar-refractivity contribution in [2.75, 3.05) is 116 Å². The zero-order valence-corrected chi connectivity index (χ0v) is 42.7. The number of hydrogen-bond acceptors (Lipinski definition) is 14. The van der Waals surface area contributed by atoms with E-state index in [0.29, 0.717) is 98.2 Å². The van der Waals surface area contributed by atoms with Gasteiger partial charge in [0.25, 0.3) is 0 Å². The zero-order chi connectivity index (χ0) is 47.6. The number of fused-ring (bicyclic) bond motifs is 1. The molecule has 1 atom stereocenters. The summed E-state index contributed by atoms with van der Waals surface area (Å²) in [6.45, 7) is 25.8. The normalized spacial score (nSPS) is 17.8. The number of carbonyl (C=O) groups excluding carboxylic acids is 5. The highest BCUT2D eigenvalue weighted by Crippen LogP contribution is 2.31. The van der Waals surface area contributed by atoms with Gasteiger partial charge >= 0.3 is 11.9 Å². The maximum atomic E-state index is 13.8. The van der Waals surface area contributed by atoms with Crippen LogP contribution in [0.2, 0.25) is 5.04 Å². The number of pyridine rings is 1. The van der Waals surface area contributed by atoms with Gasteiger partial charge in [-0.05, 0) is 70.2 Å². The third-order valence-electron chi connectivity index (χ3n) is 12.2. The average Bonchev–Trinajstić information content (AvgIpc) is 3.25. The van der Waals surface area contributed by atoms with Crippen molar-refractivity contribution in [3.63, 3.8) is 0 Å². The van der Waals surface area contributed by atoms with Gasteiger partial charge in [-0.2, -0.15) is 0 Å². The molecule has 3 heterocycles. The molecule has 65 heavy (non-hydrogen) atoms. The van der Waals surface area contributed by atoms with Crippen molar-refractivity contribution in [2.24, 2.45) is 0 Å². The van der Waals surface area contributed by atoms with Crippen LogP contribution in [0.3, 0.4) is 0 Å². The second-order valence-electron chi connectivity index (χ2n) is 19.7. The Morgan fingerprint density at radius 1 is 0.692 bits per heavy atom. The Hall–Kier alpha value is -3.80. The van der Waals surface area contributed by atoms with Gasteiger partial charge in [0.05, 0.1) is 55.7 Å². The Bertz CT molecular complexity index is 1850. The molecule has 2 aliphatic rings. The molecule has 0 N–H and O–H groups in total. The van der Waals surface area contributed by atoms with Crippen molar-refractivity contribution in [2.45, 2.75) is 118 Å². The maximum absolute atomic E-state index is 13.8. The van der Waals surface area contributed by atoms with Crippen molar-refractivity contribution in [1.29, 1.82) is 0 Å². The summed E-state index contributed by atoms with van der Waals surface area (Å²) in [6.07, 6.45) is 4.03. The van der Waals surface area contributed by atoms with Crippen LogP contribution in [-0.4, -0.2) is 186 Å². The minimum Gasteiger partial charge on any atom is -0.465 e. The van der Waals surface area contributed by atoms with E-state index in [0.717, 1.165) is 48.0 Å². The van der Waals surface area contributed by atoms with E-state index in [2.05, 4.69) is 79.7 Å². The molecule has 1 unspecified atom stereocenters. The van der Waals surface area contributed by atoms with E-state index in [1.807, 2.05) is 28.5 Å². The van der Waals surface area contributed by atoms with Crippen LogP contribution >= 0.6 is 0 Å². The number of benzene rings is 1. The van der Waals surface area contributed by atoms with Gasteiger partial charge in [0.1, 0.15) is 11.6 Å². The van der Waals surface area contributed by atoms with Crippen LogP contribution in [0.15, 0.2) is 30.3 Å². The summed E-state index contributed by atoms with van der Waals surface area (Å²) >= 11 is 0. The van der Waals surface area contributed by atoms with Crippen molar-refractivity contribution in [3.05, 3.63) is 36.0 Å². The smallest absolute Gasteiger partial charge is 0.320 e.